The van der Waals surface area contributed by atoms with Crippen molar-refractivity contribution in [2.75, 3.05) is 7.11 Å². The smallest absolute Gasteiger partial charge is 0.212 e. The SMILES string of the molecule is C.COc1ccc(C)cn1. The van der Waals surface area contributed by atoms with Crippen LogP contribution in [0.5, 0.6) is 5.88 Å². The summed E-state index contributed by atoms with van der Waals surface area (Å²) in [6, 6.07) is 3.81. The second-order valence-electron chi connectivity index (χ2n) is 1.88. The molecule has 2 nitrogen and oxygen atoms in total. The summed E-state index contributed by atoms with van der Waals surface area (Å²) in [4.78, 5) is 3.97. The zero-order valence-electron chi connectivity index (χ0n) is 5.59. The van der Waals surface area contributed by atoms with Gasteiger partial charge < -0.3 is 4.74 Å². The number of aryl methyl sites for hydroxylation is 1. The van der Waals surface area contributed by atoms with Crippen molar-refractivity contribution in [3.8, 4) is 5.88 Å². The number of methoxy groups -OCH3 is 1. The van der Waals surface area contributed by atoms with E-state index in [1.54, 1.807) is 13.3 Å². The maximum Gasteiger partial charge on any atom is 0.212 e. The third-order valence-electron chi connectivity index (χ3n) is 1.09. The van der Waals surface area contributed by atoms with Crippen LogP contribution in [0.15, 0.2) is 18.3 Å². The minimum absolute atomic E-state index is 0. The third-order valence-corrected chi connectivity index (χ3v) is 1.09. The molecule has 0 aliphatic rings. The normalized spacial score (nSPS) is 8.20. The molecule has 0 spiro atoms. The fraction of sp³-hybridized carbons (Fsp3) is 0.375. The molecule has 0 aromatic carbocycles. The highest BCUT2D eigenvalue weighted by atomic mass is 16.5. The van der Waals surface area contributed by atoms with Crippen LogP contribution >= 0.6 is 0 Å². The molecule has 10 heavy (non-hydrogen) atoms. The van der Waals surface area contributed by atoms with E-state index in [2.05, 4.69) is 4.98 Å². The number of nitrogens with zero attached hydrogens (tertiary/aromatic N) is 1. The fourth-order valence-corrected chi connectivity index (χ4v) is 0.575. The molecule has 0 saturated heterocycles. The summed E-state index contributed by atoms with van der Waals surface area (Å²) in [5.74, 6) is 0.667. The van der Waals surface area contributed by atoms with Gasteiger partial charge in [0.1, 0.15) is 0 Å². The number of ether oxygens (including phenoxy) is 1. The first-order chi connectivity index (χ1) is 4.33. The molecule has 0 aliphatic heterocycles. The number of rotatable bonds is 1. The van der Waals surface area contributed by atoms with Crippen molar-refractivity contribution in [2.24, 2.45) is 0 Å². The standard InChI is InChI=1S/C7H9NO.CH4/c1-6-3-4-7(9-2)8-5-6;/h3-5H,1-2H3;1H4. The van der Waals surface area contributed by atoms with Crippen molar-refractivity contribution in [1.29, 1.82) is 0 Å². The molecule has 0 bridgehead atoms. The number of aromatic nitrogens is 1. The van der Waals surface area contributed by atoms with E-state index in [4.69, 9.17) is 4.74 Å². The monoisotopic (exact) mass is 139 g/mol. The Labute approximate surface area is 61.9 Å². The molecule has 2 heteroatoms. The number of hydrogen-bond acceptors (Lipinski definition) is 2. The first-order valence-electron chi connectivity index (χ1n) is 2.79. The lowest BCUT2D eigenvalue weighted by Gasteiger charge is -1.95. The largest absolute Gasteiger partial charge is 0.481 e. The van der Waals surface area contributed by atoms with Gasteiger partial charge in [-0.2, -0.15) is 0 Å². The van der Waals surface area contributed by atoms with Gasteiger partial charge in [-0.25, -0.2) is 4.98 Å². The summed E-state index contributed by atoms with van der Waals surface area (Å²) in [6.07, 6.45) is 1.78. The van der Waals surface area contributed by atoms with Crippen LogP contribution in [0.4, 0.5) is 0 Å². The molecule has 56 valence electrons. The lowest BCUT2D eigenvalue weighted by Crippen LogP contribution is -1.85. The Balaban J connectivity index is 0.000000810. The quantitative estimate of drug-likeness (QED) is 0.594. The Bertz CT molecular complexity index is 181. The lowest BCUT2D eigenvalue weighted by atomic mass is 10.3. The summed E-state index contributed by atoms with van der Waals surface area (Å²) < 4.78 is 4.86. The summed E-state index contributed by atoms with van der Waals surface area (Å²) in [5.41, 5.74) is 1.15. The van der Waals surface area contributed by atoms with E-state index in [9.17, 15) is 0 Å². The summed E-state index contributed by atoms with van der Waals surface area (Å²) in [7, 11) is 1.61. The van der Waals surface area contributed by atoms with Crippen LogP contribution in [0.1, 0.15) is 13.0 Å². The molecule has 1 aromatic rings. The topological polar surface area (TPSA) is 22.1 Å². The van der Waals surface area contributed by atoms with Crippen LogP contribution in [0, 0.1) is 6.92 Å². The Kier molecular flexibility index (Phi) is 3.47. The Morgan fingerprint density at radius 3 is 2.50 bits per heavy atom. The first kappa shape index (κ1) is 8.95. The summed E-state index contributed by atoms with van der Waals surface area (Å²) >= 11 is 0. The predicted octanol–water partition coefficient (Wildman–Crippen LogP) is 2.03. The lowest BCUT2D eigenvalue weighted by molar-refractivity contribution is 0.397. The van der Waals surface area contributed by atoms with Crippen molar-refractivity contribution in [3.63, 3.8) is 0 Å². The maximum atomic E-state index is 4.86. The third kappa shape index (κ3) is 2.05. The van der Waals surface area contributed by atoms with E-state index in [1.165, 1.54) is 0 Å². The number of hydrogen-bond donors (Lipinski definition) is 0. The van der Waals surface area contributed by atoms with Crippen LogP contribution in [-0.4, -0.2) is 12.1 Å². The van der Waals surface area contributed by atoms with E-state index in [-0.39, 0.29) is 7.43 Å². The van der Waals surface area contributed by atoms with Gasteiger partial charge >= 0.3 is 0 Å². The van der Waals surface area contributed by atoms with Gasteiger partial charge in [0.25, 0.3) is 0 Å². The van der Waals surface area contributed by atoms with E-state index >= 15 is 0 Å². The Hall–Kier alpha value is -1.05. The molecule has 0 fully saturated rings. The van der Waals surface area contributed by atoms with Crippen LogP contribution in [0.25, 0.3) is 0 Å². The van der Waals surface area contributed by atoms with Crippen molar-refractivity contribution in [2.45, 2.75) is 14.4 Å². The minimum atomic E-state index is 0. The molecule has 0 saturated carbocycles. The average Bonchev–Trinajstić information content (AvgIpc) is 1.90. The van der Waals surface area contributed by atoms with E-state index in [1.807, 2.05) is 19.1 Å². The van der Waals surface area contributed by atoms with Crippen molar-refractivity contribution >= 4 is 0 Å². The molecule has 0 amide bonds. The molecular formula is C8H13NO. The van der Waals surface area contributed by atoms with Gasteiger partial charge in [-0.15, -0.1) is 0 Å². The van der Waals surface area contributed by atoms with Gasteiger partial charge in [0.05, 0.1) is 7.11 Å². The molecule has 0 N–H and O–H groups in total. The second-order valence-corrected chi connectivity index (χ2v) is 1.88. The fourth-order valence-electron chi connectivity index (χ4n) is 0.575. The summed E-state index contributed by atoms with van der Waals surface area (Å²) in [5, 5.41) is 0. The van der Waals surface area contributed by atoms with Gasteiger partial charge in [0.15, 0.2) is 0 Å². The van der Waals surface area contributed by atoms with Crippen molar-refractivity contribution < 1.29 is 4.74 Å². The molecule has 1 heterocycles. The maximum absolute atomic E-state index is 4.86. The molecule has 1 aromatic heterocycles. The van der Waals surface area contributed by atoms with E-state index < -0.39 is 0 Å². The highest BCUT2D eigenvalue weighted by Crippen LogP contribution is 2.04. The molecule has 0 unspecified atom stereocenters. The highest BCUT2D eigenvalue weighted by molar-refractivity contribution is 5.15. The summed E-state index contributed by atoms with van der Waals surface area (Å²) in [6.45, 7) is 1.99. The van der Waals surface area contributed by atoms with E-state index in [0.29, 0.717) is 5.88 Å². The highest BCUT2D eigenvalue weighted by Gasteiger charge is 1.87. The Morgan fingerprint density at radius 1 is 1.40 bits per heavy atom. The van der Waals surface area contributed by atoms with Gasteiger partial charge in [0.2, 0.25) is 5.88 Å². The van der Waals surface area contributed by atoms with E-state index in [0.717, 1.165) is 5.56 Å². The zero-order valence-corrected chi connectivity index (χ0v) is 5.59. The van der Waals surface area contributed by atoms with Crippen LogP contribution in [0.3, 0.4) is 0 Å². The zero-order chi connectivity index (χ0) is 6.69. The van der Waals surface area contributed by atoms with Crippen molar-refractivity contribution in [3.05, 3.63) is 23.9 Å². The van der Waals surface area contributed by atoms with Crippen LogP contribution in [0.2, 0.25) is 0 Å². The van der Waals surface area contributed by atoms with Gasteiger partial charge in [-0.05, 0) is 12.5 Å². The van der Waals surface area contributed by atoms with Crippen LogP contribution < -0.4 is 4.74 Å². The molecular weight excluding hydrogens is 126 g/mol. The minimum Gasteiger partial charge on any atom is -0.481 e. The van der Waals surface area contributed by atoms with Gasteiger partial charge in [-0.1, -0.05) is 13.5 Å². The molecule has 0 radical (unpaired) electrons. The number of pyridine rings is 1. The van der Waals surface area contributed by atoms with Crippen LogP contribution in [-0.2, 0) is 0 Å². The average molecular weight is 139 g/mol. The predicted molar refractivity (Wildman–Crippen MR) is 42.3 cm³/mol. The Morgan fingerprint density at radius 2 is 2.10 bits per heavy atom. The molecule has 1 rings (SSSR count). The van der Waals surface area contributed by atoms with Gasteiger partial charge in [-0.3, -0.25) is 0 Å². The van der Waals surface area contributed by atoms with Crippen molar-refractivity contribution in [1.82, 2.24) is 4.98 Å². The first-order valence-corrected chi connectivity index (χ1v) is 2.79. The second kappa shape index (κ2) is 3.88. The molecule has 0 atom stereocenters. The van der Waals surface area contributed by atoms with Gasteiger partial charge in [0, 0.05) is 12.3 Å². The molecule has 0 aliphatic carbocycles.